The predicted molar refractivity (Wildman–Crippen MR) is 140 cm³/mol. The third-order valence-electron chi connectivity index (χ3n) is 5.93. The molecule has 7 heteroatoms. The summed E-state index contributed by atoms with van der Waals surface area (Å²) in [5.41, 5.74) is 5.46. The first-order chi connectivity index (χ1) is 16.9. The Morgan fingerprint density at radius 2 is 1.57 bits per heavy atom. The second-order valence-corrected chi connectivity index (χ2v) is 9.87. The molecule has 5 aromatic rings. The van der Waals surface area contributed by atoms with Crippen LogP contribution >= 0.6 is 0 Å². The van der Waals surface area contributed by atoms with Crippen molar-refractivity contribution < 1.29 is 8.42 Å². The fraction of sp³-hybridized carbons (Fsp3) is 0.0714. The van der Waals surface area contributed by atoms with E-state index in [2.05, 4.69) is 40.6 Å². The zero-order valence-electron chi connectivity index (χ0n) is 19.1. The third kappa shape index (κ3) is 4.64. The van der Waals surface area contributed by atoms with E-state index in [1.54, 1.807) is 12.3 Å². The van der Waals surface area contributed by atoms with Gasteiger partial charge in [-0.3, -0.25) is 4.98 Å². The SMILES string of the molecule is Cc1nc(NCc2ccccc2)c2c(-c3ccccc3)cccc2c1-c1cncc(S(N)(=O)=O)c1. The van der Waals surface area contributed by atoms with E-state index in [-0.39, 0.29) is 4.90 Å². The number of primary sulfonamides is 1. The summed E-state index contributed by atoms with van der Waals surface area (Å²) in [6.07, 6.45) is 2.90. The smallest absolute Gasteiger partial charge is 0.239 e. The van der Waals surface area contributed by atoms with Gasteiger partial charge in [0, 0.05) is 41.1 Å². The summed E-state index contributed by atoms with van der Waals surface area (Å²) in [5.74, 6) is 0.764. The van der Waals surface area contributed by atoms with Gasteiger partial charge in [0.2, 0.25) is 10.0 Å². The Hall–Kier alpha value is -4.07. The number of nitrogens with one attached hydrogen (secondary N) is 1. The molecule has 0 fully saturated rings. The van der Waals surface area contributed by atoms with Crippen molar-refractivity contribution >= 4 is 26.6 Å². The summed E-state index contributed by atoms with van der Waals surface area (Å²) in [6, 6.07) is 28.0. The Labute approximate surface area is 204 Å². The minimum atomic E-state index is -3.89. The number of nitrogens with two attached hydrogens (primary N) is 1. The summed E-state index contributed by atoms with van der Waals surface area (Å²) in [4.78, 5) is 9.07. The monoisotopic (exact) mass is 480 g/mol. The van der Waals surface area contributed by atoms with Crippen LogP contribution in [0.2, 0.25) is 0 Å². The molecule has 2 aromatic heterocycles. The molecule has 0 atom stereocenters. The van der Waals surface area contributed by atoms with Gasteiger partial charge < -0.3 is 5.32 Å². The molecule has 0 radical (unpaired) electrons. The summed E-state index contributed by atoms with van der Waals surface area (Å²) in [5, 5.41) is 10.8. The van der Waals surface area contributed by atoms with E-state index in [1.807, 2.05) is 55.5 Å². The van der Waals surface area contributed by atoms with Gasteiger partial charge in [-0.2, -0.15) is 0 Å². The minimum absolute atomic E-state index is 0.0342. The zero-order chi connectivity index (χ0) is 24.4. The van der Waals surface area contributed by atoms with Crippen LogP contribution in [0.3, 0.4) is 0 Å². The summed E-state index contributed by atoms with van der Waals surface area (Å²) in [7, 11) is -3.89. The van der Waals surface area contributed by atoms with Gasteiger partial charge in [-0.15, -0.1) is 0 Å². The number of sulfonamides is 1. The van der Waals surface area contributed by atoms with Crippen molar-refractivity contribution in [2.75, 3.05) is 5.32 Å². The molecule has 0 spiro atoms. The molecular formula is C28H24N4O2S. The van der Waals surface area contributed by atoms with Crippen molar-refractivity contribution in [2.24, 2.45) is 5.14 Å². The van der Waals surface area contributed by atoms with Gasteiger partial charge in [-0.05, 0) is 35.1 Å². The lowest BCUT2D eigenvalue weighted by Gasteiger charge is -2.18. The van der Waals surface area contributed by atoms with Gasteiger partial charge in [0.15, 0.2) is 0 Å². The number of benzene rings is 3. The van der Waals surface area contributed by atoms with Crippen molar-refractivity contribution in [1.82, 2.24) is 9.97 Å². The van der Waals surface area contributed by atoms with E-state index < -0.39 is 10.0 Å². The number of aromatic nitrogens is 2. The molecule has 0 aliphatic rings. The molecule has 0 aliphatic carbocycles. The van der Waals surface area contributed by atoms with Crippen molar-refractivity contribution in [2.45, 2.75) is 18.4 Å². The number of hydrogen-bond donors (Lipinski definition) is 2. The molecule has 0 amide bonds. The van der Waals surface area contributed by atoms with Gasteiger partial charge in [0.05, 0.1) is 0 Å². The molecule has 0 saturated carbocycles. The zero-order valence-corrected chi connectivity index (χ0v) is 20.0. The Kier molecular flexibility index (Phi) is 6.03. The van der Waals surface area contributed by atoms with Gasteiger partial charge in [0.1, 0.15) is 10.7 Å². The van der Waals surface area contributed by atoms with E-state index in [1.165, 1.54) is 6.20 Å². The van der Waals surface area contributed by atoms with E-state index in [0.717, 1.165) is 44.5 Å². The van der Waals surface area contributed by atoms with Crippen molar-refractivity contribution in [3.05, 3.63) is 109 Å². The quantitative estimate of drug-likeness (QED) is 0.333. The van der Waals surface area contributed by atoms with Gasteiger partial charge >= 0.3 is 0 Å². The highest BCUT2D eigenvalue weighted by Crippen LogP contribution is 2.40. The molecule has 0 unspecified atom stereocenters. The first kappa shape index (κ1) is 22.7. The third-order valence-corrected chi connectivity index (χ3v) is 6.81. The van der Waals surface area contributed by atoms with E-state index >= 15 is 0 Å². The normalized spacial score (nSPS) is 11.5. The van der Waals surface area contributed by atoms with Crippen LogP contribution in [0.25, 0.3) is 33.0 Å². The Bertz CT molecular complexity index is 1620. The number of hydrogen-bond acceptors (Lipinski definition) is 5. The van der Waals surface area contributed by atoms with Crippen LogP contribution in [0.5, 0.6) is 0 Å². The van der Waals surface area contributed by atoms with E-state index in [4.69, 9.17) is 10.1 Å². The average molecular weight is 481 g/mol. The number of aryl methyl sites for hydroxylation is 1. The summed E-state index contributed by atoms with van der Waals surface area (Å²) >= 11 is 0. The maximum atomic E-state index is 12.0. The number of anilines is 1. The highest BCUT2D eigenvalue weighted by atomic mass is 32.2. The van der Waals surface area contributed by atoms with E-state index in [0.29, 0.717) is 12.1 Å². The lowest BCUT2D eigenvalue weighted by molar-refractivity contribution is 0.597. The van der Waals surface area contributed by atoms with Crippen LogP contribution in [0.4, 0.5) is 5.82 Å². The Morgan fingerprint density at radius 1 is 0.857 bits per heavy atom. The van der Waals surface area contributed by atoms with Gasteiger partial charge in [0.25, 0.3) is 0 Å². The van der Waals surface area contributed by atoms with Gasteiger partial charge in [-0.25, -0.2) is 18.5 Å². The molecule has 0 bridgehead atoms. The van der Waals surface area contributed by atoms with Crippen LogP contribution in [0, 0.1) is 6.92 Å². The molecular weight excluding hydrogens is 456 g/mol. The fourth-order valence-corrected chi connectivity index (χ4v) is 4.83. The molecule has 2 heterocycles. The van der Waals surface area contributed by atoms with E-state index in [9.17, 15) is 8.42 Å². The second-order valence-electron chi connectivity index (χ2n) is 8.31. The predicted octanol–water partition coefficient (Wildman–Crippen LogP) is 5.53. The molecule has 35 heavy (non-hydrogen) atoms. The Balaban J connectivity index is 1.75. The van der Waals surface area contributed by atoms with Crippen LogP contribution in [0.1, 0.15) is 11.3 Å². The fourth-order valence-electron chi connectivity index (χ4n) is 4.33. The Morgan fingerprint density at radius 3 is 2.29 bits per heavy atom. The number of pyridine rings is 2. The van der Waals surface area contributed by atoms with Crippen molar-refractivity contribution in [1.29, 1.82) is 0 Å². The molecule has 0 aliphatic heterocycles. The molecule has 6 nitrogen and oxygen atoms in total. The lowest BCUT2D eigenvalue weighted by Crippen LogP contribution is -2.12. The number of rotatable bonds is 6. The van der Waals surface area contributed by atoms with Crippen molar-refractivity contribution in [3.63, 3.8) is 0 Å². The maximum absolute atomic E-state index is 12.0. The molecule has 174 valence electrons. The number of nitrogens with zero attached hydrogens (tertiary/aromatic N) is 2. The molecule has 0 saturated heterocycles. The first-order valence-corrected chi connectivity index (χ1v) is 12.7. The highest BCUT2D eigenvalue weighted by Gasteiger charge is 2.19. The molecule has 5 rings (SSSR count). The standard InChI is InChI=1S/C28H24N4O2S/c1-19-26(22-15-23(18-30-17-22)35(29,33)34)25-14-8-13-24(21-11-6-3-7-12-21)27(25)28(32-19)31-16-20-9-4-2-5-10-20/h2-15,17-18H,16H2,1H3,(H,31,32)(H2,29,33,34). The van der Waals surface area contributed by atoms with Gasteiger partial charge in [-0.1, -0.05) is 78.9 Å². The lowest BCUT2D eigenvalue weighted by atomic mass is 9.93. The average Bonchev–Trinajstić information content (AvgIpc) is 2.87. The van der Waals surface area contributed by atoms with Crippen LogP contribution in [-0.4, -0.2) is 18.4 Å². The topological polar surface area (TPSA) is 98.0 Å². The number of fused-ring (bicyclic) bond motifs is 1. The maximum Gasteiger partial charge on any atom is 0.239 e. The minimum Gasteiger partial charge on any atom is -0.365 e. The summed E-state index contributed by atoms with van der Waals surface area (Å²) < 4.78 is 24.0. The van der Waals surface area contributed by atoms with Crippen LogP contribution < -0.4 is 10.5 Å². The molecule has 3 N–H and O–H groups in total. The largest absolute Gasteiger partial charge is 0.365 e. The highest BCUT2D eigenvalue weighted by molar-refractivity contribution is 7.89. The first-order valence-electron chi connectivity index (χ1n) is 11.2. The summed E-state index contributed by atoms with van der Waals surface area (Å²) in [6.45, 7) is 2.54. The van der Waals surface area contributed by atoms with Crippen LogP contribution in [0.15, 0.2) is 102 Å². The second kappa shape index (κ2) is 9.29. The molecule has 3 aromatic carbocycles. The van der Waals surface area contributed by atoms with Crippen molar-refractivity contribution in [3.8, 4) is 22.3 Å². The van der Waals surface area contributed by atoms with Crippen LogP contribution in [-0.2, 0) is 16.6 Å².